The summed E-state index contributed by atoms with van der Waals surface area (Å²) in [7, 11) is 0. The summed E-state index contributed by atoms with van der Waals surface area (Å²) in [5, 5.41) is 4.92. The number of nitrogens with zero attached hydrogens (tertiary/aromatic N) is 1. The number of H-pyrrole nitrogens is 1. The number of fused-ring (bicyclic) bond motifs is 2. The Bertz CT molecular complexity index is 1120. The summed E-state index contributed by atoms with van der Waals surface area (Å²) >= 11 is 1.63. The molecule has 0 atom stereocenters. The maximum Gasteiger partial charge on any atom is 0.259 e. The molecule has 0 radical (unpaired) electrons. The Morgan fingerprint density at radius 2 is 2.12 bits per heavy atom. The number of carbonyl (C=O) groups excluding carboxylic acids is 1. The number of benzene rings is 2. The number of nitrogens with one attached hydrogen (secondary N) is 2. The smallest absolute Gasteiger partial charge is 0.259 e. The minimum Gasteiger partial charge on any atom is -0.454 e. The zero-order valence-electron chi connectivity index (χ0n) is 13.5. The van der Waals surface area contributed by atoms with E-state index < -0.39 is 0 Å². The number of para-hydroxylation sites is 1. The van der Waals surface area contributed by atoms with Crippen molar-refractivity contribution in [2.24, 2.45) is 0 Å². The fourth-order valence-corrected chi connectivity index (χ4v) is 3.59. The summed E-state index contributed by atoms with van der Waals surface area (Å²) in [5.41, 5.74) is 2.84. The first-order chi connectivity index (χ1) is 12.8. The van der Waals surface area contributed by atoms with E-state index in [0.717, 1.165) is 21.7 Å². The minimum atomic E-state index is -0.246. The number of thiophene rings is 1. The summed E-state index contributed by atoms with van der Waals surface area (Å²) in [6.07, 6.45) is 0. The molecule has 0 fully saturated rings. The summed E-state index contributed by atoms with van der Waals surface area (Å²) < 4.78 is 10.7. The van der Waals surface area contributed by atoms with Gasteiger partial charge in [-0.15, -0.1) is 11.3 Å². The van der Waals surface area contributed by atoms with Crippen LogP contribution in [0.25, 0.3) is 21.7 Å². The second-order valence-corrected chi connectivity index (χ2v) is 6.74. The van der Waals surface area contributed by atoms with Gasteiger partial charge >= 0.3 is 0 Å². The van der Waals surface area contributed by atoms with Crippen LogP contribution in [0.4, 0.5) is 5.69 Å². The lowest BCUT2D eigenvalue weighted by Crippen LogP contribution is -2.12. The monoisotopic (exact) mass is 363 g/mol. The molecule has 1 amide bonds. The van der Waals surface area contributed by atoms with Crippen LogP contribution in [0.3, 0.4) is 0 Å². The van der Waals surface area contributed by atoms with E-state index in [-0.39, 0.29) is 12.7 Å². The molecule has 2 aromatic carbocycles. The van der Waals surface area contributed by atoms with Gasteiger partial charge in [-0.25, -0.2) is 4.98 Å². The van der Waals surface area contributed by atoms with Crippen molar-refractivity contribution in [3.8, 4) is 22.2 Å². The molecule has 4 aromatic rings. The highest BCUT2D eigenvalue weighted by molar-refractivity contribution is 7.13. The lowest BCUT2D eigenvalue weighted by atomic mass is 10.1. The molecule has 1 aliphatic rings. The quantitative estimate of drug-likeness (QED) is 0.570. The number of rotatable bonds is 3. The van der Waals surface area contributed by atoms with Crippen LogP contribution in [0, 0.1) is 0 Å². The predicted octanol–water partition coefficient (Wildman–Crippen LogP) is 4.27. The molecule has 1 aliphatic heterocycles. The van der Waals surface area contributed by atoms with Crippen LogP contribution in [0.5, 0.6) is 11.5 Å². The maximum atomic E-state index is 12.6. The van der Waals surface area contributed by atoms with Gasteiger partial charge in [0.2, 0.25) is 6.79 Å². The number of imidazole rings is 1. The number of carbonyl (C=O) groups is 1. The number of hydrogen-bond acceptors (Lipinski definition) is 5. The van der Waals surface area contributed by atoms with Crippen LogP contribution >= 0.6 is 11.3 Å². The fourth-order valence-electron chi connectivity index (χ4n) is 2.92. The van der Waals surface area contributed by atoms with Crippen molar-refractivity contribution >= 4 is 34.0 Å². The van der Waals surface area contributed by atoms with Gasteiger partial charge in [-0.05, 0) is 41.8 Å². The molecule has 0 saturated heterocycles. The van der Waals surface area contributed by atoms with Crippen LogP contribution < -0.4 is 14.8 Å². The lowest BCUT2D eigenvalue weighted by molar-refractivity contribution is 0.102. The predicted molar refractivity (Wildman–Crippen MR) is 99.9 cm³/mol. The van der Waals surface area contributed by atoms with Crippen LogP contribution in [0.1, 0.15) is 10.4 Å². The molecular weight excluding hydrogens is 350 g/mol. The van der Waals surface area contributed by atoms with Crippen molar-refractivity contribution in [3.05, 3.63) is 59.5 Å². The Morgan fingerprint density at radius 3 is 3.00 bits per heavy atom. The van der Waals surface area contributed by atoms with Gasteiger partial charge in [0.05, 0.1) is 21.5 Å². The SMILES string of the molecule is O=C(Nc1ccc2nc(-c3cccs3)[nH]c2c1)c1cccc2c1OCO2. The van der Waals surface area contributed by atoms with Gasteiger partial charge in [0.15, 0.2) is 11.5 Å². The van der Waals surface area contributed by atoms with Crippen molar-refractivity contribution in [2.45, 2.75) is 0 Å². The first-order valence-electron chi connectivity index (χ1n) is 8.01. The third-order valence-electron chi connectivity index (χ3n) is 4.14. The van der Waals surface area contributed by atoms with Gasteiger partial charge in [-0.1, -0.05) is 12.1 Å². The highest BCUT2D eigenvalue weighted by Crippen LogP contribution is 2.35. The molecule has 0 bridgehead atoms. The molecule has 6 nitrogen and oxygen atoms in total. The zero-order valence-corrected chi connectivity index (χ0v) is 14.3. The van der Waals surface area contributed by atoms with Crippen LogP contribution in [-0.2, 0) is 0 Å². The average molecular weight is 363 g/mol. The second-order valence-electron chi connectivity index (χ2n) is 5.79. The third kappa shape index (κ3) is 2.49. The van der Waals surface area contributed by atoms with Crippen LogP contribution in [-0.4, -0.2) is 22.7 Å². The molecule has 3 heterocycles. The summed E-state index contributed by atoms with van der Waals surface area (Å²) in [6.45, 7) is 0.130. The summed E-state index contributed by atoms with van der Waals surface area (Å²) in [4.78, 5) is 21.6. The van der Waals surface area contributed by atoms with E-state index in [1.807, 2.05) is 35.7 Å². The molecule has 5 rings (SSSR count). The highest BCUT2D eigenvalue weighted by Gasteiger charge is 2.21. The van der Waals surface area contributed by atoms with Crippen molar-refractivity contribution in [3.63, 3.8) is 0 Å². The average Bonchev–Trinajstić information content (AvgIpc) is 3.39. The van der Waals surface area contributed by atoms with Crippen LogP contribution in [0.15, 0.2) is 53.9 Å². The van der Waals surface area contributed by atoms with Gasteiger partial charge < -0.3 is 19.8 Å². The molecular formula is C19H13N3O3S. The molecule has 0 aliphatic carbocycles. The van der Waals surface area contributed by atoms with Gasteiger partial charge in [0.1, 0.15) is 5.82 Å². The first-order valence-corrected chi connectivity index (χ1v) is 8.89. The Balaban J connectivity index is 1.44. The molecule has 128 valence electrons. The number of aromatic nitrogens is 2. The second kappa shape index (κ2) is 5.89. The Kier molecular flexibility index (Phi) is 3.39. The van der Waals surface area contributed by atoms with Crippen molar-refractivity contribution in [1.29, 1.82) is 0 Å². The van der Waals surface area contributed by atoms with E-state index in [1.165, 1.54) is 0 Å². The van der Waals surface area contributed by atoms with Gasteiger partial charge in [0, 0.05) is 5.69 Å². The normalized spacial score (nSPS) is 12.5. The largest absolute Gasteiger partial charge is 0.454 e. The van der Waals surface area contributed by atoms with E-state index in [4.69, 9.17) is 9.47 Å². The Hall–Kier alpha value is -3.32. The Labute approximate surface area is 152 Å². The topological polar surface area (TPSA) is 76.2 Å². The van der Waals surface area contributed by atoms with Gasteiger partial charge in [-0.3, -0.25) is 4.79 Å². The molecule has 2 aromatic heterocycles. The number of anilines is 1. The van der Waals surface area contributed by atoms with Crippen molar-refractivity contribution in [1.82, 2.24) is 9.97 Å². The molecule has 0 unspecified atom stereocenters. The number of ether oxygens (including phenoxy) is 2. The maximum absolute atomic E-state index is 12.6. The first kappa shape index (κ1) is 15.0. The van der Waals surface area contributed by atoms with Gasteiger partial charge in [-0.2, -0.15) is 0 Å². The van der Waals surface area contributed by atoms with E-state index in [0.29, 0.717) is 22.7 Å². The van der Waals surface area contributed by atoms with Crippen molar-refractivity contribution in [2.75, 3.05) is 12.1 Å². The van der Waals surface area contributed by atoms with Crippen molar-refractivity contribution < 1.29 is 14.3 Å². The fraction of sp³-hybridized carbons (Fsp3) is 0.0526. The van der Waals surface area contributed by atoms with Gasteiger partial charge in [0.25, 0.3) is 5.91 Å². The highest BCUT2D eigenvalue weighted by atomic mass is 32.1. The molecule has 2 N–H and O–H groups in total. The number of hydrogen-bond donors (Lipinski definition) is 2. The molecule has 7 heteroatoms. The third-order valence-corrected chi connectivity index (χ3v) is 5.01. The molecule has 26 heavy (non-hydrogen) atoms. The van der Waals surface area contributed by atoms with E-state index in [9.17, 15) is 4.79 Å². The number of amides is 1. The zero-order chi connectivity index (χ0) is 17.5. The molecule has 0 saturated carbocycles. The van der Waals surface area contributed by atoms with E-state index in [2.05, 4.69) is 15.3 Å². The van der Waals surface area contributed by atoms with Crippen LogP contribution in [0.2, 0.25) is 0 Å². The minimum absolute atomic E-state index is 0.130. The standard InChI is InChI=1S/C19H13N3O3S/c23-19(12-3-1-4-15-17(12)25-10-24-15)20-11-6-7-13-14(9-11)22-18(21-13)16-5-2-8-26-16/h1-9H,10H2,(H,20,23)(H,21,22). The summed E-state index contributed by atoms with van der Waals surface area (Å²) in [6, 6.07) is 14.9. The lowest BCUT2D eigenvalue weighted by Gasteiger charge is -2.07. The molecule has 0 spiro atoms. The number of aromatic amines is 1. The van der Waals surface area contributed by atoms with E-state index >= 15 is 0 Å². The summed E-state index contributed by atoms with van der Waals surface area (Å²) in [5.74, 6) is 1.64. The Morgan fingerprint density at radius 1 is 1.15 bits per heavy atom. The van der Waals surface area contributed by atoms with E-state index in [1.54, 1.807) is 29.5 Å².